The Morgan fingerprint density at radius 3 is 2.44 bits per heavy atom. The fraction of sp³-hybridized carbons (Fsp3) is 0.609. The Balaban J connectivity index is 1.40. The maximum atomic E-state index is 13.1. The van der Waals surface area contributed by atoms with Gasteiger partial charge in [0.1, 0.15) is 19.3 Å². The van der Waals surface area contributed by atoms with Gasteiger partial charge >= 0.3 is 0 Å². The van der Waals surface area contributed by atoms with Crippen molar-refractivity contribution in [2.75, 3.05) is 57.9 Å². The summed E-state index contributed by atoms with van der Waals surface area (Å²) >= 11 is 0. The van der Waals surface area contributed by atoms with Crippen LogP contribution in [0.2, 0.25) is 0 Å². The second-order valence-corrected chi connectivity index (χ2v) is 9.09. The van der Waals surface area contributed by atoms with Gasteiger partial charge in [0.05, 0.1) is 5.92 Å². The summed E-state index contributed by atoms with van der Waals surface area (Å²) < 4.78 is 11.2. The molecule has 0 radical (unpaired) electrons. The van der Waals surface area contributed by atoms with Crippen LogP contribution in [0.5, 0.6) is 11.5 Å². The molecule has 3 aliphatic heterocycles. The average molecular weight is 445 g/mol. The zero-order valence-corrected chi connectivity index (χ0v) is 19.0. The van der Waals surface area contributed by atoms with E-state index in [1.807, 2.05) is 25.8 Å². The Kier molecular flexibility index (Phi) is 6.55. The Hall–Kier alpha value is -2.81. The number of carbonyl (C=O) groups excluding carboxylic acids is 3. The van der Waals surface area contributed by atoms with Crippen molar-refractivity contribution in [1.29, 1.82) is 0 Å². The Morgan fingerprint density at radius 1 is 1.06 bits per heavy atom. The molecule has 3 heterocycles. The number of benzene rings is 1. The summed E-state index contributed by atoms with van der Waals surface area (Å²) in [5, 5.41) is 2.94. The summed E-state index contributed by atoms with van der Waals surface area (Å²) in [5.74, 6) is 0.298. The second kappa shape index (κ2) is 9.36. The van der Waals surface area contributed by atoms with Crippen molar-refractivity contribution in [2.24, 2.45) is 11.8 Å². The molecule has 9 heteroatoms. The van der Waals surface area contributed by atoms with Crippen molar-refractivity contribution >= 4 is 23.4 Å². The normalized spacial score (nSPS) is 22.2. The Morgan fingerprint density at radius 2 is 1.75 bits per heavy atom. The molecule has 1 aromatic rings. The van der Waals surface area contributed by atoms with E-state index in [1.165, 1.54) is 0 Å². The third kappa shape index (κ3) is 4.67. The van der Waals surface area contributed by atoms with Crippen LogP contribution in [0.25, 0.3) is 0 Å². The lowest BCUT2D eigenvalue weighted by molar-refractivity contribution is -0.139. The SMILES string of the molecule is CC(C)C(NC(=O)C1CC(=O)N(c2ccc3c(c2)OCCO3)C1)C(=O)N1CCN(C)CC1. The van der Waals surface area contributed by atoms with Crippen molar-refractivity contribution in [3.63, 3.8) is 0 Å². The number of likely N-dealkylation sites (N-methyl/N-ethyl adjacent to an activating group) is 1. The van der Waals surface area contributed by atoms with Crippen LogP contribution in [0.3, 0.4) is 0 Å². The summed E-state index contributed by atoms with van der Waals surface area (Å²) in [6.45, 7) is 8.08. The minimum absolute atomic E-state index is 0.0443. The highest BCUT2D eigenvalue weighted by atomic mass is 16.6. The van der Waals surface area contributed by atoms with Gasteiger partial charge in [-0.1, -0.05) is 13.8 Å². The number of nitrogens with zero attached hydrogens (tertiary/aromatic N) is 3. The molecule has 174 valence electrons. The number of anilines is 1. The first kappa shape index (κ1) is 22.4. The average Bonchev–Trinajstić information content (AvgIpc) is 3.18. The quantitative estimate of drug-likeness (QED) is 0.720. The lowest BCUT2D eigenvalue weighted by atomic mass is 10.00. The van der Waals surface area contributed by atoms with Gasteiger partial charge in [-0.3, -0.25) is 14.4 Å². The van der Waals surface area contributed by atoms with Gasteiger partial charge in [0.2, 0.25) is 17.7 Å². The summed E-state index contributed by atoms with van der Waals surface area (Å²) in [5.41, 5.74) is 0.684. The first-order chi connectivity index (χ1) is 15.3. The minimum atomic E-state index is -0.593. The predicted molar refractivity (Wildman–Crippen MR) is 119 cm³/mol. The van der Waals surface area contributed by atoms with E-state index in [9.17, 15) is 14.4 Å². The van der Waals surface area contributed by atoms with E-state index in [-0.39, 0.29) is 36.6 Å². The van der Waals surface area contributed by atoms with E-state index in [0.29, 0.717) is 43.5 Å². The topological polar surface area (TPSA) is 91.4 Å². The molecule has 0 aliphatic carbocycles. The monoisotopic (exact) mass is 444 g/mol. The fourth-order valence-corrected chi connectivity index (χ4v) is 4.34. The van der Waals surface area contributed by atoms with Gasteiger partial charge in [-0.25, -0.2) is 0 Å². The smallest absolute Gasteiger partial charge is 0.245 e. The number of fused-ring (bicyclic) bond motifs is 1. The lowest BCUT2D eigenvalue weighted by Gasteiger charge is -2.36. The third-order valence-electron chi connectivity index (χ3n) is 6.38. The predicted octanol–water partition coefficient (Wildman–Crippen LogP) is 0.726. The standard InChI is InChI=1S/C23H32N4O5/c1-15(2)21(23(30)26-8-6-25(3)7-9-26)24-22(29)16-12-20(28)27(14-16)17-4-5-18-19(13-17)32-11-10-31-18/h4-5,13,15-16,21H,6-12,14H2,1-3H3,(H,24,29). The Bertz CT molecular complexity index is 881. The molecule has 2 atom stereocenters. The molecule has 4 rings (SSSR count). The van der Waals surface area contributed by atoms with Gasteiger partial charge in [0, 0.05) is 50.9 Å². The van der Waals surface area contributed by atoms with E-state index in [1.54, 1.807) is 23.1 Å². The highest BCUT2D eigenvalue weighted by molar-refractivity contribution is 6.01. The lowest BCUT2D eigenvalue weighted by Crippen LogP contribution is -2.56. The number of amides is 3. The van der Waals surface area contributed by atoms with E-state index in [0.717, 1.165) is 13.1 Å². The molecule has 1 N–H and O–H groups in total. The minimum Gasteiger partial charge on any atom is -0.486 e. The van der Waals surface area contributed by atoms with Crippen LogP contribution in [0.4, 0.5) is 5.69 Å². The van der Waals surface area contributed by atoms with Crippen LogP contribution in [0.1, 0.15) is 20.3 Å². The largest absolute Gasteiger partial charge is 0.486 e. The summed E-state index contributed by atoms with van der Waals surface area (Å²) in [4.78, 5) is 44.4. The van der Waals surface area contributed by atoms with Gasteiger partial charge in [0.25, 0.3) is 0 Å². The molecule has 2 fully saturated rings. The second-order valence-electron chi connectivity index (χ2n) is 9.09. The van der Waals surface area contributed by atoms with Crippen LogP contribution < -0.4 is 19.7 Å². The van der Waals surface area contributed by atoms with E-state index >= 15 is 0 Å². The van der Waals surface area contributed by atoms with Crippen molar-refractivity contribution in [2.45, 2.75) is 26.3 Å². The van der Waals surface area contributed by atoms with Crippen LogP contribution in [0, 0.1) is 11.8 Å². The highest BCUT2D eigenvalue weighted by Gasteiger charge is 2.38. The number of hydrogen-bond donors (Lipinski definition) is 1. The molecule has 0 bridgehead atoms. The van der Waals surface area contributed by atoms with Gasteiger partial charge in [-0.2, -0.15) is 0 Å². The zero-order chi connectivity index (χ0) is 22.8. The highest BCUT2D eigenvalue weighted by Crippen LogP contribution is 2.36. The third-order valence-corrected chi connectivity index (χ3v) is 6.38. The molecular weight excluding hydrogens is 412 g/mol. The van der Waals surface area contributed by atoms with Crippen molar-refractivity contribution in [1.82, 2.24) is 15.1 Å². The van der Waals surface area contributed by atoms with Crippen LogP contribution in [0.15, 0.2) is 18.2 Å². The molecule has 3 amide bonds. The number of carbonyl (C=O) groups is 3. The number of nitrogens with one attached hydrogen (secondary N) is 1. The molecular formula is C23H32N4O5. The van der Waals surface area contributed by atoms with E-state index in [2.05, 4.69) is 10.2 Å². The van der Waals surface area contributed by atoms with Gasteiger partial charge < -0.3 is 29.5 Å². The number of ether oxygens (including phenoxy) is 2. The first-order valence-corrected chi connectivity index (χ1v) is 11.3. The summed E-state index contributed by atoms with van der Waals surface area (Å²) in [7, 11) is 2.04. The molecule has 3 aliphatic rings. The fourth-order valence-electron chi connectivity index (χ4n) is 4.34. The van der Waals surface area contributed by atoms with Crippen LogP contribution >= 0.6 is 0 Å². The number of rotatable bonds is 5. The van der Waals surface area contributed by atoms with Crippen LogP contribution in [-0.2, 0) is 14.4 Å². The molecule has 2 saturated heterocycles. The summed E-state index contributed by atoms with van der Waals surface area (Å²) in [6.07, 6.45) is 0.119. The maximum absolute atomic E-state index is 13.1. The molecule has 0 saturated carbocycles. The van der Waals surface area contributed by atoms with Gasteiger partial charge in [0.15, 0.2) is 11.5 Å². The molecule has 32 heavy (non-hydrogen) atoms. The van der Waals surface area contributed by atoms with Crippen molar-refractivity contribution in [3.05, 3.63) is 18.2 Å². The van der Waals surface area contributed by atoms with Gasteiger partial charge in [-0.05, 0) is 25.1 Å². The maximum Gasteiger partial charge on any atom is 0.245 e. The number of piperazine rings is 1. The van der Waals surface area contributed by atoms with Gasteiger partial charge in [-0.15, -0.1) is 0 Å². The van der Waals surface area contributed by atoms with E-state index < -0.39 is 12.0 Å². The van der Waals surface area contributed by atoms with Crippen molar-refractivity contribution in [3.8, 4) is 11.5 Å². The molecule has 9 nitrogen and oxygen atoms in total. The van der Waals surface area contributed by atoms with Crippen molar-refractivity contribution < 1.29 is 23.9 Å². The molecule has 0 aromatic heterocycles. The molecule has 0 spiro atoms. The molecule has 2 unspecified atom stereocenters. The Labute approximate surface area is 188 Å². The zero-order valence-electron chi connectivity index (χ0n) is 19.0. The number of hydrogen-bond acceptors (Lipinski definition) is 6. The van der Waals surface area contributed by atoms with Crippen LogP contribution in [-0.4, -0.2) is 86.5 Å². The molecule has 1 aromatic carbocycles. The van der Waals surface area contributed by atoms with E-state index in [4.69, 9.17) is 9.47 Å². The first-order valence-electron chi connectivity index (χ1n) is 11.3. The summed E-state index contributed by atoms with van der Waals surface area (Å²) in [6, 6.07) is 4.78.